The van der Waals surface area contributed by atoms with Crippen molar-refractivity contribution in [3.8, 4) is 0 Å². The highest BCUT2D eigenvalue weighted by molar-refractivity contribution is 7.14. The van der Waals surface area contributed by atoms with E-state index in [4.69, 9.17) is 4.74 Å². The molecule has 0 radical (unpaired) electrons. The molecule has 0 spiro atoms. The SMILES string of the molecule is c1cc(C2=NCCCCO2)sc1CN1CCCCCC1. The van der Waals surface area contributed by atoms with Crippen molar-refractivity contribution in [3.05, 3.63) is 21.9 Å². The van der Waals surface area contributed by atoms with E-state index in [0.717, 1.165) is 38.4 Å². The summed E-state index contributed by atoms with van der Waals surface area (Å²) in [7, 11) is 0. The molecule has 0 aromatic carbocycles. The standard InChI is InChI=1S/C16H24N2OS/c1-2-5-11-18(10-4-1)13-14-7-8-15(20-14)16-17-9-3-6-12-19-16/h7-8H,1-6,9-13H2. The van der Waals surface area contributed by atoms with Crippen molar-refractivity contribution in [2.45, 2.75) is 45.1 Å². The Morgan fingerprint density at radius 2 is 1.90 bits per heavy atom. The first kappa shape index (κ1) is 14.1. The van der Waals surface area contributed by atoms with Gasteiger partial charge < -0.3 is 4.74 Å². The molecule has 1 saturated heterocycles. The van der Waals surface area contributed by atoms with Crippen LogP contribution < -0.4 is 0 Å². The van der Waals surface area contributed by atoms with Crippen molar-refractivity contribution in [1.29, 1.82) is 0 Å². The van der Waals surface area contributed by atoms with Gasteiger partial charge in [-0.15, -0.1) is 11.3 Å². The summed E-state index contributed by atoms with van der Waals surface area (Å²) in [6.45, 7) is 5.33. The number of rotatable bonds is 3. The van der Waals surface area contributed by atoms with Crippen molar-refractivity contribution < 1.29 is 4.74 Å². The number of ether oxygens (including phenoxy) is 1. The molecular formula is C16H24N2OS. The molecule has 2 aliphatic rings. The fourth-order valence-electron chi connectivity index (χ4n) is 2.85. The van der Waals surface area contributed by atoms with E-state index in [9.17, 15) is 0 Å². The van der Waals surface area contributed by atoms with Crippen LogP contribution in [-0.4, -0.2) is 37.0 Å². The summed E-state index contributed by atoms with van der Waals surface area (Å²) in [6.07, 6.45) is 7.78. The zero-order valence-corrected chi connectivity index (χ0v) is 13.0. The monoisotopic (exact) mass is 292 g/mol. The van der Waals surface area contributed by atoms with E-state index in [1.54, 1.807) is 0 Å². The van der Waals surface area contributed by atoms with E-state index in [1.165, 1.54) is 48.5 Å². The zero-order valence-electron chi connectivity index (χ0n) is 12.1. The number of likely N-dealkylation sites (tertiary alicyclic amines) is 1. The molecule has 110 valence electrons. The Bertz CT molecular complexity index is 447. The molecule has 0 saturated carbocycles. The van der Waals surface area contributed by atoms with Crippen LogP contribution in [0.15, 0.2) is 17.1 Å². The van der Waals surface area contributed by atoms with Crippen molar-refractivity contribution >= 4 is 17.2 Å². The highest BCUT2D eigenvalue weighted by atomic mass is 32.1. The normalized spacial score (nSPS) is 21.7. The molecule has 2 aliphatic heterocycles. The number of thiophene rings is 1. The Morgan fingerprint density at radius 1 is 1.05 bits per heavy atom. The maximum atomic E-state index is 5.76. The summed E-state index contributed by atoms with van der Waals surface area (Å²) in [5.74, 6) is 0.870. The van der Waals surface area contributed by atoms with Crippen molar-refractivity contribution in [2.24, 2.45) is 4.99 Å². The molecule has 0 amide bonds. The van der Waals surface area contributed by atoms with Gasteiger partial charge in [0.05, 0.1) is 11.5 Å². The number of hydrogen-bond donors (Lipinski definition) is 0. The minimum absolute atomic E-state index is 0.818. The van der Waals surface area contributed by atoms with E-state index in [-0.39, 0.29) is 0 Å². The van der Waals surface area contributed by atoms with Crippen molar-refractivity contribution in [3.63, 3.8) is 0 Å². The second kappa shape index (κ2) is 7.23. The van der Waals surface area contributed by atoms with Gasteiger partial charge in [0.2, 0.25) is 5.90 Å². The van der Waals surface area contributed by atoms with E-state index in [2.05, 4.69) is 22.0 Å². The van der Waals surface area contributed by atoms with E-state index >= 15 is 0 Å². The Balaban J connectivity index is 1.62. The predicted molar refractivity (Wildman–Crippen MR) is 84.7 cm³/mol. The Kier molecular flexibility index (Phi) is 5.09. The molecule has 3 heterocycles. The molecule has 0 unspecified atom stereocenters. The van der Waals surface area contributed by atoms with Gasteiger partial charge in [0, 0.05) is 18.0 Å². The van der Waals surface area contributed by atoms with Crippen LogP contribution in [0.4, 0.5) is 0 Å². The minimum Gasteiger partial charge on any atom is -0.477 e. The summed E-state index contributed by atoms with van der Waals surface area (Å²) in [5, 5.41) is 0. The Morgan fingerprint density at radius 3 is 2.75 bits per heavy atom. The van der Waals surface area contributed by atoms with Gasteiger partial charge in [-0.1, -0.05) is 12.8 Å². The van der Waals surface area contributed by atoms with Crippen LogP contribution in [0.1, 0.15) is 48.3 Å². The second-order valence-corrected chi connectivity index (χ2v) is 6.87. The molecule has 3 nitrogen and oxygen atoms in total. The van der Waals surface area contributed by atoms with Crippen LogP contribution in [0, 0.1) is 0 Å². The molecule has 1 aromatic rings. The smallest absolute Gasteiger partial charge is 0.226 e. The summed E-state index contributed by atoms with van der Waals surface area (Å²) < 4.78 is 5.76. The molecule has 20 heavy (non-hydrogen) atoms. The minimum atomic E-state index is 0.818. The average molecular weight is 292 g/mol. The van der Waals surface area contributed by atoms with Gasteiger partial charge in [-0.25, -0.2) is 0 Å². The molecule has 4 heteroatoms. The predicted octanol–water partition coefficient (Wildman–Crippen LogP) is 3.68. The van der Waals surface area contributed by atoms with Gasteiger partial charge in [0.1, 0.15) is 0 Å². The maximum Gasteiger partial charge on any atom is 0.226 e. The summed E-state index contributed by atoms with van der Waals surface area (Å²) in [4.78, 5) is 9.80. The molecule has 0 atom stereocenters. The van der Waals surface area contributed by atoms with Crippen LogP contribution >= 0.6 is 11.3 Å². The first-order valence-electron chi connectivity index (χ1n) is 7.90. The van der Waals surface area contributed by atoms with Crippen molar-refractivity contribution in [1.82, 2.24) is 4.90 Å². The third-order valence-electron chi connectivity index (χ3n) is 4.00. The molecular weight excluding hydrogens is 268 g/mol. The highest BCUT2D eigenvalue weighted by Crippen LogP contribution is 2.22. The number of hydrogen-bond acceptors (Lipinski definition) is 4. The summed E-state index contributed by atoms with van der Waals surface area (Å²) >= 11 is 1.85. The van der Waals surface area contributed by atoms with Crippen LogP contribution in [0.2, 0.25) is 0 Å². The first-order valence-corrected chi connectivity index (χ1v) is 8.72. The van der Waals surface area contributed by atoms with Crippen molar-refractivity contribution in [2.75, 3.05) is 26.2 Å². The first-order chi connectivity index (χ1) is 9.92. The average Bonchev–Trinajstić information content (AvgIpc) is 2.70. The molecule has 3 rings (SSSR count). The lowest BCUT2D eigenvalue weighted by molar-refractivity contribution is 0.279. The van der Waals surface area contributed by atoms with Gasteiger partial charge in [0.25, 0.3) is 0 Å². The van der Waals surface area contributed by atoms with Gasteiger partial charge in [-0.3, -0.25) is 9.89 Å². The number of aliphatic imine (C=N–C) groups is 1. The Labute approximate surface area is 125 Å². The van der Waals surface area contributed by atoms with Gasteiger partial charge in [0.15, 0.2) is 0 Å². The molecule has 0 N–H and O–H groups in total. The molecule has 1 aromatic heterocycles. The maximum absolute atomic E-state index is 5.76. The second-order valence-electron chi connectivity index (χ2n) is 5.70. The lowest BCUT2D eigenvalue weighted by Gasteiger charge is -2.18. The molecule has 0 aliphatic carbocycles. The topological polar surface area (TPSA) is 24.8 Å². The molecule has 1 fully saturated rings. The summed E-state index contributed by atoms with van der Waals surface area (Å²) in [6, 6.07) is 4.43. The largest absolute Gasteiger partial charge is 0.477 e. The highest BCUT2D eigenvalue weighted by Gasteiger charge is 2.14. The summed E-state index contributed by atoms with van der Waals surface area (Å²) in [5.41, 5.74) is 0. The van der Waals surface area contributed by atoms with Gasteiger partial charge in [-0.05, 0) is 50.9 Å². The third kappa shape index (κ3) is 3.83. The lowest BCUT2D eigenvalue weighted by atomic mass is 10.2. The fourth-order valence-corrected chi connectivity index (χ4v) is 3.86. The van der Waals surface area contributed by atoms with Gasteiger partial charge in [-0.2, -0.15) is 0 Å². The van der Waals surface area contributed by atoms with Crippen LogP contribution in [0.3, 0.4) is 0 Å². The van der Waals surface area contributed by atoms with Crippen LogP contribution in [0.5, 0.6) is 0 Å². The third-order valence-corrected chi connectivity index (χ3v) is 5.06. The van der Waals surface area contributed by atoms with E-state index in [1.807, 2.05) is 11.3 Å². The lowest BCUT2D eigenvalue weighted by Crippen LogP contribution is -2.23. The zero-order chi connectivity index (χ0) is 13.6. The fraction of sp³-hybridized carbons (Fsp3) is 0.688. The van der Waals surface area contributed by atoms with E-state index < -0.39 is 0 Å². The Hall–Kier alpha value is -0.870. The quantitative estimate of drug-likeness (QED) is 0.849. The number of nitrogens with zero attached hydrogens (tertiary/aromatic N) is 2. The van der Waals surface area contributed by atoms with Crippen LogP contribution in [0.25, 0.3) is 0 Å². The molecule has 0 bridgehead atoms. The van der Waals surface area contributed by atoms with E-state index in [0.29, 0.717) is 0 Å². The van der Waals surface area contributed by atoms with Gasteiger partial charge >= 0.3 is 0 Å². The van der Waals surface area contributed by atoms with Crippen LogP contribution in [-0.2, 0) is 11.3 Å².